The highest BCUT2D eigenvalue weighted by Crippen LogP contribution is 2.34. The smallest absolute Gasteiger partial charge is 0.416 e. The Morgan fingerprint density at radius 1 is 1.04 bits per heavy atom. The zero-order valence-electron chi connectivity index (χ0n) is 14.9. The summed E-state index contributed by atoms with van der Waals surface area (Å²) >= 11 is 0. The van der Waals surface area contributed by atoms with Crippen LogP contribution in [0.5, 0.6) is 0 Å². The summed E-state index contributed by atoms with van der Waals surface area (Å²) in [5.41, 5.74) is 1.76. The van der Waals surface area contributed by atoms with Gasteiger partial charge in [0.1, 0.15) is 0 Å². The predicted octanol–water partition coefficient (Wildman–Crippen LogP) is 5.65. The van der Waals surface area contributed by atoms with Gasteiger partial charge >= 0.3 is 12.1 Å². The minimum Gasteiger partial charge on any atom is -0.462 e. The molecule has 2 aromatic carbocycles. The van der Waals surface area contributed by atoms with Gasteiger partial charge < -0.3 is 9.30 Å². The van der Waals surface area contributed by atoms with Gasteiger partial charge in [-0.15, -0.1) is 0 Å². The Morgan fingerprint density at radius 3 is 2.37 bits per heavy atom. The zero-order valence-corrected chi connectivity index (χ0v) is 14.9. The maximum Gasteiger partial charge on any atom is 0.416 e. The van der Waals surface area contributed by atoms with Crippen molar-refractivity contribution in [3.8, 4) is 16.9 Å². The summed E-state index contributed by atoms with van der Waals surface area (Å²) < 4.78 is 46.3. The van der Waals surface area contributed by atoms with E-state index in [1.807, 2.05) is 30.3 Å². The lowest BCUT2D eigenvalue weighted by Gasteiger charge is -2.15. The Kier molecular flexibility index (Phi) is 5.08. The second-order valence-electron chi connectivity index (χ2n) is 6.02. The highest BCUT2D eigenvalue weighted by molar-refractivity contribution is 5.97. The molecule has 3 aromatic rings. The molecule has 0 N–H and O–H groups in total. The summed E-state index contributed by atoms with van der Waals surface area (Å²) in [5, 5.41) is 0. The van der Waals surface area contributed by atoms with E-state index in [9.17, 15) is 18.0 Å². The molecule has 0 aliphatic carbocycles. The molecule has 0 bridgehead atoms. The second-order valence-corrected chi connectivity index (χ2v) is 6.02. The third kappa shape index (κ3) is 3.74. The molecule has 0 unspecified atom stereocenters. The molecule has 6 heteroatoms. The molecule has 1 heterocycles. The molecular formula is C21H18F3NO2. The quantitative estimate of drug-likeness (QED) is 0.554. The van der Waals surface area contributed by atoms with Crippen molar-refractivity contribution in [3.05, 3.63) is 77.5 Å². The summed E-state index contributed by atoms with van der Waals surface area (Å²) in [6.45, 7) is 3.66. The molecule has 0 aliphatic heterocycles. The summed E-state index contributed by atoms with van der Waals surface area (Å²) in [6.07, 6.45) is -4.45. The van der Waals surface area contributed by atoms with Gasteiger partial charge in [-0.25, -0.2) is 4.79 Å². The van der Waals surface area contributed by atoms with Gasteiger partial charge in [0.05, 0.1) is 23.4 Å². The summed E-state index contributed by atoms with van der Waals surface area (Å²) in [6, 6.07) is 15.7. The van der Waals surface area contributed by atoms with Crippen LogP contribution in [0.15, 0.2) is 60.7 Å². The lowest BCUT2D eigenvalue weighted by molar-refractivity contribution is -0.137. The Hall–Kier alpha value is -3.02. The molecule has 0 radical (unpaired) electrons. The van der Waals surface area contributed by atoms with Gasteiger partial charge in [-0.3, -0.25) is 0 Å². The third-order valence-electron chi connectivity index (χ3n) is 4.16. The maximum atomic E-state index is 13.2. The number of hydrogen-bond donors (Lipinski definition) is 0. The van der Waals surface area contributed by atoms with Gasteiger partial charge in [0.2, 0.25) is 0 Å². The van der Waals surface area contributed by atoms with Gasteiger partial charge in [0, 0.05) is 11.4 Å². The predicted molar refractivity (Wildman–Crippen MR) is 96.9 cm³/mol. The number of aryl methyl sites for hydroxylation is 1. The molecule has 3 rings (SSSR count). The molecule has 0 fully saturated rings. The Bertz CT molecular complexity index is 959. The number of esters is 1. The van der Waals surface area contributed by atoms with Crippen LogP contribution in [0, 0.1) is 6.92 Å². The first-order valence-electron chi connectivity index (χ1n) is 8.45. The third-order valence-corrected chi connectivity index (χ3v) is 4.16. The van der Waals surface area contributed by atoms with Gasteiger partial charge in [-0.1, -0.05) is 36.4 Å². The van der Waals surface area contributed by atoms with Crippen molar-refractivity contribution in [2.24, 2.45) is 0 Å². The lowest BCUT2D eigenvalue weighted by Crippen LogP contribution is -2.09. The minimum atomic E-state index is -4.45. The first-order valence-corrected chi connectivity index (χ1v) is 8.45. The van der Waals surface area contributed by atoms with Gasteiger partial charge in [0.25, 0.3) is 0 Å². The van der Waals surface area contributed by atoms with E-state index >= 15 is 0 Å². The zero-order chi connectivity index (χ0) is 19.6. The molecule has 0 aliphatic rings. The van der Waals surface area contributed by atoms with Crippen LogP contribution >= 0.6 is 0 Å². The van der Waals surface area contributed by atoms with Crippen LogP contribution in [0.3, 0.4) is 0 Å². The van der Waals surface area contributed by atoms with E-state index in [1.165, 1.54) is 6.07 Å². The molecule has 1 aromatic heterocycles. The van der Waals surface area contributed by atoms with Crippen LogP contribution in [0.2, 0.25) is 0 Å². The summed E-state index contributed by atoms with van der Waals surface area (Å²) in [5.74, 6) is -0.509. The number of carbonyl (C=O) groups excluding carboxylic acids is 1. The number of hydrogen-bond acceptors (Lipinski definition) is 2. The average Bonchev–Trinajstić information content (AvgIpc) is 2.99. The standard InChI is InChI=1S/C21H18F3NO2/c1-3-27-20(26)18-12-14(2)25(19(18)15-8-5-4-6-9-15)17-11-7-10-16(13-17)21(22,23)24/h4-13H,3H2,1-2H3. The monoisotopic (exact) mass is 373 g/mol. The van der Waals surface area contributed by atoms with Crippen LogP contribution in [0.25, 0.3) is 16.9 Å². The number of rotatable bonds is 4. The van der Waals surface area contributed by atoms with Crippen molar-refractivity contribution in [1.82, 2.24) is 4.57 Å². The summed E-state index contributed by atoms with van der Waals surface area (Å²) in [4.78, 5) is 12.4. The fraction of sp³-hybridized carbons (Fsp3) is 0.190. The number of carbonyl (C=O) groups is 1. The second kappa shape index (κ2) is 7.31. The number of nitrogens with zero attached hydrogens (tertiary/aromatic N) is 1. The topological polar surface area (TPSA) is 31.2 Å². The van der Waals surface area contributed by atoms with E-state index in [0.717, 1.165) is 12.1 Å². The fourth-order valence-electron chi connectivity index (χ4n) is 3.04. The molecule has 0 atom stereocenters. The Labute approximate surface area is 155 Å². The van der Waals surface area contributed by atoms with Crippen LogP contribution in [0.1, 0.15) is 28.5 Å². The van der Waals surface area contributed by atoms with Crippen molar-refractivity contribution >= 4 is 5.97 Å². The molecule has 0 saturated carbocycles. The molecule has 0 saturated heterocycles. The van der Waals surface area contributed by atoms with Crippen molar-refractivity contribution in [2.45, 2.75) is 20.0 Å². The van der Waals surface area contributed by atoms with E-state index in [4.69, 9.17) is 4.74 Å². The van der Waals surface area contributed by atoms with Gasteiger partial charge in [0.15, 0.2) is 0 Å². The first-order chi connectivity index (χ1) is 12.8. The summed E-state index contributed by atoms with van der Waals surface area (Å²) in [7, 11) is 0. The van der Waals surface area contributed by atoms with Crippen molar-refractivity contribution < 1.29 is 22.7 Å². The van der Waals surface area contributed by atoms with E-state index in [-0.39, 0.29) is 6.61 Å². The highest BCUT2D eigenvalue weighted by atomic mass is 19.4. The van der Waals surface area contributed by atoms with Gasteiger partial charge in [-0.2, -0.15) is 13.2 Å². The molecule has 3 nitrogen and oxygen atoms in total. The molecule has 0 spiro atoms. The normalized spacial score (nSPS) is 11.4. The van der Waals surface area contributed by atoms with Crippen LogP contribution in [-0.2, 0) is 10.9 Å². The highest BCUT2D eigenvalue weighted by Gasteiger charge is 2.31. The van der Waals surface area contributed by atoms with Crippen LogP contribution < -0.4 is 0 Å². The van der Waals surface area contributed by atoms with Crippen LogP contribution in [0.4, 0.5) is 13.2 Å². The maximum absolute atomic E-state index is 13.2. The minimum absolute atomic E-state index is 0.209. The Morgan fingerprint density at radius 2 is 1.74 bits per heavy atom. The average molecular weight is 373 g/mol. The largest absolute Gasteiger partial charge is 0.462 e. The number of benzene rings is 2. The number of ether oxygens (including phenoxy) is 1. The lowest BCUT2D eigenvalue weighted by atomic mass is 10.1. The SMILES string of the molecule is CCOC(=O)c1cc(C)n(-c2cccc(C(F)(F)F)c2)c1-c1ccccc1. The number of alkyl halides is 3. The van der Waals surface area contributed by atoms with E-state index in [1.54, 1.807) is 30.5 Å². The van der Waals surface area contributed by atoms with E-state index in [2.05, 4.69) is 0 Å². The number of halogens is 3. The molecular weight excluding hydrogens is 355 g/mol. The Balaban J connectivity index is 2.26. The van der Waals surface area contributed by atoms with E-state index < -0.39 is 17.7 Å². The molecule has 0 amide bonds. The van der Waals surface area contributed by atoms with Crippen molar-refractivity contribution in [1.29, 1.82) is 0 Å². The number of aromatic nitrogens is 1. The molecule has 140 valence electrons. The van der Waals surface area contributed by atoms with Crippen molar-refractivity contribution in [3.63, 3.8) is 0 Å². The van der Waals surface area contributed by atoms with E-state index in [0.29, 0.717) is 28.2 Å². The molecule has 27 heavy (non-hydrogen) atoms. The van der Waals surface area contributed by atoms with Crippen LogP contribution in [-0.4, -0.2) is 17.1 Å². The van der Waals surface area contributed by atoms with Gasteiger partial charge in [-0.05, 0) is 43.7 Å². The van der Waals surface area contributed by atoms with Crippen molar-refractivity contribution in [2.75, 3.05) is 6.61 Å². The first kappa shape index (κ1) is 18.8. The fourth-order valence-corrected chi connectivity index (χ4v) is 3.04.